The lowest BCUT2D eigenvalue weighted by molar-refractivity contribution is 0.410. The van der Waals surface area contributed by atoms with Gasteiger partial charge in [0.15, 0.2) is 11.6 Å². The lowest BCUT2D eigenvalue weighted by Gasteiger charge is -2.05. The van der Waals surface area contributed by atoms with E-state index in [1.165, 1.54) is 18.3 Å². The fraction of sp³-hybridized carbons (Fsp3) is 0. The third-order valence-electron chi connectivity index (χ3n) is 1.96. The average molecular weight is 295 g/mol. The zero-order valence-electron chi connectivity index (χ0n) is 8.73. The number of benzene rings is 1. The Morgan fingerprint density at radius 2 is 2.18 bits per heavy atom. The van der Waals surface area contributed by atoms with Gasteiger partial charge in [0.25, 0.3) is 0 Å². The van der Waals surface area contributed by atoms with Crippen molar-refractivity contribution in [3.8, 4) is 11.8 Å². The molecule has 0 atom stereocenters. The van der Waals surface area contributed by atoms with Crippen molar-refractivity contribution in [2.75, 3.05) is 0 Å². The van der Waals surface area contributed by atoms with Gasteiger partial charge in [-0.2, -0.15) is 4.98 Å². The van der Waals surface area contributed by atoms with Gasteiger partial charge in [0.2, 0.25) is 0 Å². The van der Waals surface area contributed by atoms with Crippen molar-refractivity contribution in [2.45, 2.75) is 0 Å². The highest BCUT2D eigenvalue weighted by atomic mass is 79.9. The molecule has 0 saturated heterocycles. The van der Waals surface area contributed by atoms with Crippen LogP contribution in [0.5, 0.6) is 11.8 Å². The number of ether oxygens (including phenoxy) is 1. The van der Waals surface area contributed by atoms with Gasteiger partial charge in [-0.3, -0.25) is 0 Å². The fourth-order valence-electron chi connectivity index (χ4n) is 1.17. The summed E-state index contributed by atoms with van der Waals surface area (Å²) >= 11 is 3.16. The molecule has 0 bridgehead atoms. The number of hydrogen-bond donors (Lipinski definition) is 0. The van der Waals surface area contributed by atoms with Crippen molar-refractivity contribution >= 4 is 22.0 Å². The molecule has 17 heavy (non-hydrogen) atoms. The van der Waals surface area contributed by atoms with E-state index in [-0.39, 0.29) is 11.8 Å². The van der Waals surface area contributed by atoms with E-state index in [0.29, 0.717) is 10.2 Å². The van der Waals surface area contributed by atoms with E-state index >= 15 is 0 Å². The standard InChI is InChI=1S/C12H8BrFN2O/c1-2-9-5-6-15-12(16-9)17-11-4-3-8(13)7-10(11)14/h2-7H,1H2. The number of aromatic nitrogens is 2. The van der Waals surface area contributed by atoms with E-state index < -0.39 is 5.82 Å². The highest BCUT2D eigenvalue weighted by Crippen LogP contribution is 2.24. The molecule has 1 aromatic carbocycles. The lowest BCUT2D eigenvalue weighted by atomic mass is 10.3. The summed E-state index contributed by atoms with van der Waals surface area (Å²) in [4.78, 5) is 7.91. The molecule has 0 spiro atoms. The Bertz CT molecular complexity index is 560. The summed E-state index contributed by atoms with van der Waals surface area (Å²) in [6.07, 6.45) is 3.09. The topological polar surface area (TPSA) is 35.0 Å². The van der Waals surface area contributed by atoms with Gasteiger partial charge in [-0.25, -0.2) is 9.37 Å². The van der Waals surface area contributed by atoms with Gasteiger partial charge in [0.1, 0.15) is 0 Å². The third kappa shape index (κ3) is 2.88. The predicted octanol–water partition coefficient (Wildman–Crippen LogP) is 3.81. The molecular weight excluding hydrogens is 287 g/mol. The third-order valence-corrected chi connectivity index (χ3v) is 2.45. The van der Waals surface area contributed by atoms with Crippen molar-refractivity contribution < 1.29 is 9.13 Å². The van der Waals surface area contributed by atoms with Crippen molar-refractivity contribution in [2.24, 2.45) is 0 Å². The maximum absolute atomic E-state index is 13.5. The number of halogens is 2. The minimum Gasteiger partial charge on any atom is -0.421 e. The Labute approximate surface area is 106 Å². The van der Waals surface area contributed by atoms with E-state index in [1.54, 1.807) is 18.2 Å². The number of nitrogens with zero attached hydrogens (tertiary/aromatic N) is 2. The molecule has 2 rings (SSSR count). The van der Waals surface area contributed by atoms with Crippen LogP contribution in [0.4, 0.5) is 4.39 Å². The van der Waals surface area contributed by atoms with E-state index in [0.717, 1.165) is 0 Å². The Balaban J connectivity index is 2.27. The number of rotatable bonds is 3. The van der Waals surface area contributed by atoms with Gasteiger partial charge in [-0.05, 0) is 30.3 Å². The highest BCUT2D eigenvalue weighted by molar-refractivity contribution is 9.10. The average Bonchev–Trinajstić information content (AvgIpc) is 2.33. The summed E-state index contributed by atoms with van der Waals surface area (Å²) in [5.74, 6) is -0.401. The van der Waals surface area contributed by atoms with Crippen LogP contribution in [0.15, 0.2) is 41.5 Å². The molecular formula is C12H8BrFN2O. The van der Waals surface area contributed by atoms with Crippen LogP contribution in [0.2, 0.25) is 0 Å². The van der Waals surface area contributed by atoms with Crippen molar-refractivity contribution in [3.05, 3.63) is 53.0 Å². The quantitative estimate of drug-likeness (QED) is 0.863. The van der Waals surface area contributed by atoms with Gasteiger partial charge in [0.05, 0.1) is 5.69 Å². The first-order valence-electron chi connectivity index (χ1n) is 4.77. The molecule has 0 saturated carbocycles. The van der Waals surface area contributed by atoms with E-state index in [9.17, 15) is 4.39 Å². The van der Waals surface area contributed by atoms with E-state index in [4.69, 9.17) is 4.74 Å². The highest BCUT2D eigenvalue weighted by Gasteiger charge is 2.07. The second kappa shape index (κ2) is 5.05. The zero-order valence-corrected chi connectivity index (χ0v) is 10.3. The van der Waals surface area contributed by atoms with Gasteiger partial charge in [-0.15, -0.1) is 0 Å². The maximum atomic E-state index is 13.5. The second-order valence-electron chi connectivity index (χ2n) is 3.15. The fourth-order valence-corrected chi connectivity index (χ4v) is 1.51. The van der Waals surface area contributed by atoms with Crippen LogP contribution in [0, 0.1) is 5.82 Å². The lowest BCUT2D eigenvalue weighted by Crippen LogP contribution is -1.94. The largest absolute Gasteiger partial charge is 0.421 e. The first-order valence-corrected chi connectivity index (χ1v) is 5.57. The van der Waals surface area contributed by atoms with Crippen molar-refractivity contribution in [1.29, 1.82) is 0 Å². The van der Waals surface area contributed by atoms with Crippen LogP contribution < -0.4 is 4.74 Å². The summed E-state index contributed by atoms with van der Waals surface area (Å²) in [5.41, 5.74) is 0.618. The molecule has 0 amide bonds. The molecule has 0 unspecified atom stereocenters. The Morgan fingerprint density at radius 3 is 2.88 bits per heavy atom. The SMILES string of the molecule is C=Cc1ccnc(Oc2ccc(Br)cc2F)n1. The smallest absolute Gasteiger partial charge is 0.322 e. The summed E-state index contributed by atoms with van der Waals surface area (Å²) in [6.45, 7) is 3.58. The molecule has 0 N–H and O–H groups in total. The minimum atomic E-state index is -0.480. The van der Waals surface area contributed by atoms with Crippen LogP contribution in [-0.4, -0.2) is 9.97 Å². The monoisotopic (exact) mass is 294 g/mol. The molecule has 86 valence electrons. The van der Waals surface area contributed by atoms with Gasteiger partial charge in [-0.1, -0.05) is 22.5 Å². The zero-order chi connectivity index (χ0) is 12.3. The Hall–Kier alpha value is -1.75. The Morgan fingerprint density at radius 1 is 1.35 bits per heavy atom. The molecule has 0 fully saturated rings. The van der Waals surface area contributed by atoms with Crippen molar-refractivity contribution in [3.63, 3.8) is 0 Å². The molecule has 1 aromatic heterocycles. The molecule has 0 aliphatic heterocycles. The second-order valence-corrected chi connectivity index (χ2v) is 4.06. The van der Waals surface area contributed by atoms with Crippen LogP contribution in [0.25, 0.3) is 6.08 Å². The first kappa shape index (κ1) is 11.7. The molecule has 5 heteroatoms. The summed E-state index contributed by atoms with van der Waals surface area (Å²) in [7, 11) is 0. The minimum absolute atomic E-state index is 0.0782. The molecule has 0 radical (unpaired) electrons. The molecule has 2 aromatic rings. The van der Waals surface area contributed by atoms with E-state index in [2.05, 4.69) is 32.5 Å². The normalized spacial score (nSPS) is 10.0. The summed E-state index contributed by atoms with van der Waals surface area (Å²) in [6, 6.07) is 6.26. The summed E-state index contributed by atoms with van der Waals surface area (Å²) in [5, 5.41) is 0. The molecule has 3 nitrogen and oxygen atoms in total. The van der Waals surface area contributed by atoms with Crippen LogP contribution >= 0.6 is 15.9 Å². The Kier molecular flexibility index (Phi) is 3.49. The van der Waals surface area contributed by atoms with Gasteiger partial charge >= 0.3 is 6.01 Å². The number of hydrogen-bond acceptors (Lipinski definition) is 3. The van der Waals surface area contributed by atoms with Crippen LogP contribution in [0.3, 0.4) is 0 Å². The van der Waals surface area contributed by atoms with Gasteiger partial charge in [0, 0.05) is 10.7 Å². The summed E-state index contributed by atoms with van der Waals surface area (Å²) < 4.78 is 19.4. The molecule has 0 aliphatic rings. The predicted molar refractivity (Wildman–Crippen MR) is 66.3 cm³/mol. The van der Waals surface area contributed by atoms with Crippen LogP contribution in [-0.2, 0) is 0 Å². The molecule has 0 aliphatic carbocycles. The van der Waals surface area contributed by atoms with E-state index in [1.807, 2.05) is 0 Å². The van der Waals surface area contributed by atoms with Crippen molar-refractivity contribution in [1.82, 2.24) is 9.97 Å². The molecule has 1 heterocycles. The maximum Gasteiger partial charge on any atom is 0.322 e. The van der Waals surface area contributed by atoms with Gasteiger partial charge < -0.3 is 4.74 Å². The first-order chi connectivity index (χ1) is 8.19. The van der Waals surface area contributed by atoms with Crippen LogP contribution in [0.1, 0.15) is 5.69 Å².